The van der Waals surface area contributed by atoms with Crippen molar-refractivity contribution in [2.45, 2.75) is 33.6 Å². The Morgan fingerprint density at radius 2 is 1.71 bits per heavy atom. The van der Waals surface area contributed by atoms with Gasteiger partial charge in [0.05, 0.1) is 19.1 Å². The molecule has 0 aliphatic rings. The fourth-order valence-electron chi connectivity index (χ4n) is 0.970. The second kappa shape index (κ2) is 7.35. The highest BCUT2D eigenvalue weighted by Gasteiger charge is 2.15. The molecule has 0 rings (SSSR count). The minimum Gasteiger partial charge on any atom is -0.466 e. The smallest absolute Gasteiger partial charge is 0.308 e. The number of hydrogen-bond donors (Lipinski definition) is 0. The molecule has 0 aromatic rings. The van der Waals surface area contributed by atoms with E-state index in [1.165, 1.54) is 0 Å². The van der Waals surface area contributed by atoms with Crippen LogP contribution < -0.4 is 0 Å². The van der Waals surface area contributed by atoms with Crippen molar-refractivity contribution in [3.8, 4) is 0 Å². The molecule has 0 heterocycles. The van der Waals surface area contributed by atoms with Crippen LogP contribution in [-0.2, 0) is 19.1 Å². The van der Waals surface area contributed by atoms with Crippen molar-refractivity contribution in [3.63, 3.8) is 0 Å². The van der Waals surface area contributed by atoms with Gasteiger partial charge in [0.2, 0.25) is 0 Å². The van der Waals surface area contributed by atoms with Gasteiger partial charge in [0.25, 0.3) is 0 Å². The monoisotopic (exact) mass is 202 g/mol. The molecule has 4 heteroatoms. The van der Waals surface area contributed by atoms with Gasteiger partial charge >= 0.3 is 11.9 Å². The maximum atomic E-state index is 11.1. The highest BCUT2D eigenvalue weighted by molar-refractivity contribution is 5.74. The van der Waals surface area contributed by atoms with E-state index in [0.29, 0.717) is 19.6 Å². The minimum absolute atomic E-state index is 0.237. The molecular formula is C10H18O4. The number of ether oxygens (including phenoxy) is 2. The predicted octanol–water partition coefficient (Wildman–Crippen LogP) is 1.53. The highest BCUT2D eigenvalue weighted by atomic mass is 16.5. The summed E-state index contributed by atoms with van der Waals surface area (Å²) in [6.07, 6.45) is 0.755. The molecule has 0 radical (unpaired) electrons. The van der Waals surface area contributed by atoms with Gasteiger partial charge in [-0.05, 0) is 20.3 Å². The lowest BCUT2D eigenvalue weighted by Gasteiger charge is -2.09. The zero-order valence-corrected chi connectivity index (χ0v) is 9.04. The van der Waals surface area contributed by atoms with Crippen molar-refractivity contribution >= 4 is 11.9 Å². The van der Waals surface area contributed by atoms with Crippen LogP contribution in [0.2, 0.25) is 0 Å². The number of esters is 2. The van der Waals surface area contributed by atoms with E-state index < -0.39 is 0 Å². The molecule has 0 amide bonds. The van der Waals surface area contributed by atoms with Gasteiger partial charge in [-0.15, -0.1) is 0 Å². The Morgan fingerprint density at radius 1 is 1.14 bits per heavy atom. The first-order valence-electron chi connectivity index (χ1n) is 4.94. The van der Waals surface area contributed by atoms with Gasteiger partial charge in [0.15, 0.2) is 0 Å². The molecular weight excluding hydrogens is 184 g/mol. The lowest BCUT2D eigenvalue weighted by Crippen LogP contribution is -2.16. The summed E-state index contributed by atoms with van der Waals surface area (Å²) in [5.74, 6) is -0.750. The third-order valence-corrected chi connectivity index (χ3v) is 1.78. The first kappa shape index (κ1) is 12.9. The Bertz CT molecular complexity index is 189. The lowest BCUT2D eigenvalue weighted by molar-refractivity contribution is -0.148. The van der Waals surface area contributed by atoms with Gasteiger partial charge in [0, 0.05) is 6.42 Å². The van der Waals surface area contributed by atoms with Crippen molar-refractivity contribution in [3.05, 3.63) is 0 Å². The third-order valence-electron chi connectivity index (χ3n) is 1.78. The van der Waals surface area contributed by atoms with Crippen LogP contribution in [0.4, 0.5) is 0 Å². The number of rotatable bonds is 6. The first-order chi connectivity index (χ1) is 6.61. The predicted molar refractivity (Wildman–Crippen MR) is 51.7 cm³/mol. The van der Waals surface area contributed by atoms with Gasteiger partial charge in [-0.1, -0.05) is 6.92 Å². The maximum Gasteiger partial charge on any atom is 0.308 e. The normalized spacial score (nSPS) is 11.9. The van der Waals surface area contributed by atoms with E-state index in [9.17, 15) is 9.59 Å². The zero-order chi connectivity index (χ0) is 11.0. The largest absolute Gasteiger partial charge is 0.466 e. The summed E-state index contributed by atoms with van der Waals surface area (Å²) in [7, 11) is 0. The van der Waals surface area contributed by atoms with Crippen LogP contribution >= 0.6 is 0 Å². The van der Waals surface area contributed by atoms with Gasteiger partial charge in [0.1, 0.15) is 0 Å². The molecule has 0 aliphatic heterocycles. The third kappa shape index (κ3) is 5.56. The molecule has 0 unspecified atom stereocenters. The van der Waals surface area contributed by atoms with Crippen molar-refractivity contribution < 1.29 is 19.1 Å². The molecule has 0 aromatic heterocycles. The van der Waals surface area contributed by atoms with E-state index in [-0.39, 0.29) is 24.3 Å². The standard InChI is InChI=1S/C10H18O4/c1-4-13-9(11)7-6-8(3)10(12)14-5-2/h8H,4-7H2,1-3H3/t8-/m0/s1. The molecule has 4 nitrogen and oxygen atoms in total. The molecule has 0 saturated carbocycles. The van der Waals surface area contributed by atoms with Gasteiger partial charge < -0.3 is 9.47 Å². The summed E-state index contributed by atoms with van der Waals surface area (Å²) in [5.41, 5.74) is 0. The molecule has 0 fully saturated rings. The van der Waals surface area contributed by atoms with Crippen molar-refractivity contribution in [1.29, 1.82) is 0 Å². The average molecular weight is 202 g/mol. The molecule has 0 N–H and O–H groups in total. The maximum absolute atomic E-state index is 11.1. The van der Waals surface area contributed by atoms with E-state index >= 15 is 0 Å². The van der Waals surface area contributed by atoms with Crippen molar-refractivity contribution in [2.75, 3.05) is 13.2 Å². The number of carbonyl (C=O) groups excluding carboxylic acids is 2. The van der Waals surface area contributed by atoms with E-state index in [1.54, 1.807) is 20.8 Å². The Morgan fingerprint density at radius 3 is 2.21 bits per heavy atom. The van der Waals surface area contributed by atoms with Crippen LogP contribution in [0.5, 0.6) is 0 Å². The van der Waals surface area contributed by atoms with Crippen LogP contribution in [-0.4, -0.2) is 25.2 Å². The lowest BCUT2D eigenvalue weighted by atomic mass is 10.1. The second-order valence-electron chi connectivity index (χ2n) is 3.00. The van der Waals surface area contributed by atoms with Gasteiger partial charge in [-0.25, -0.2) is 0 Å². The van der Waals surface area contributed by atoms with Crippen LogP contribution in [0.25, 0.3) is 0 Å². The van der Waals surface area contributed by atoms with E-state index in [0.717, 1.165) is 0 Å². The zero-order valence-electron chi connectivity index (χ0n) is 9.04. The number of hydrogen-bond acceptors (Lipinski definition) is 4. The quantitative estimate of drug-likeness (QED) is 0.613. The summed E-state index contributed by atoms with van der Waals surface area (Å²) in [6, 6.07) is 0. The average Bonchev–Trinajstić information content (AvgIpc) is 2.15. The Kier molecular flexibility index (Phi) is 6.80. The van der Waals surface area contributed by atoms with Gasteiger partial charge in [-0.3, -0.25) is 9.59 Å². The van der Waals surface area contributed by atoms with Crippen LogP contribution in [0.3, 0.4) is 0 Å². The fraction of sp³-hybridized carbons (Fsp3) is 0.800. The molecule has 82 valence electrons. The molecule has 1 atom stereocenters. The minimum atomic E-state index is -0.261. The van der Waals surface area contributed by atoms with E-state index in [4.69, 9.17) is 9.47 Å². The summed E-state index contributed by atoms with van der Waals surface area (Å²) in [5, 5.41) is 0. The summed E-state index contributed by atoms with van der Waals surface area (Å²) in [6.45, 7) is 6.02. The molecule has 0 aliphatic carbocycles. The Hall–Kier alpha value is -1.06. The van der Waals surface area contributed by atoms with E-state index in [1.807, 2.05) is 0 Å². The second-order valence-corrected chi connectivity index (χ2v) is 3.00. The van der Waals surface area contributed by atoms with Crippen molar-refractivity contribution in [2.24, 2.45) is 5.92 Å². The molecule has 0 aromatic carbocycles. The fourth-order valence-corrected chi connectivity index (χ4v) is 0.970. The van der Waals surface area contributed by atoms with Crippen LogP contribution in [0.15, 0.2) is 0 Å². The topological polar surface area (TPSA) is 52.6 Å². The van der Waals surface area contributed by atoms with Gasteiger partial charge in [-0.2, -0.15) is 0 Å². The summed E-state index contributed by atoms with van der Waals surface area (Å²) >= 11 is 0. The van der Waals surface area contributed by atoms with E-state index in [2.05, 4.69) is 0 Å². The SMILES string of the molecule is CCOC(=O)CC[C@H](C)C(=O)OCC. The first-order valence-corrected chi connectivity index (χ1v) is 4.94. The van der Waals surface area contributed by atoms with Crippen molar-refractivity contribution in [1.82, 2.24) is 0 Å². The molecule has 0 saturated heterocycles. The molecule has 0 spiro atoms. The Labute approximate surface area is 84.6 Å². The number of carbonyl (C=O) groups is 2. The van der Waals surface area contributed by atoms with Crippen LogP contribution in [0.1, 0.15) is 33.6 Å². The summed E-state index contributed by atoms with van der Waals surface area (Å²) < 4.78 is 9.55. The molecule has 0 bridgehead atoms. The Balaban J connectivity index is 3.67. The highest BCUT2D eigenvalue weighted by Crippen LogP contribution is 2.08. The van der Waals surface area contributed by atoms with Crippen LogP contribution in [0, 0.1) is 5.92 Å². The summed E-state index contributed by atoms with van der Waals surface area (Å²) in [4.78, 5) is 22.1. The molecule has 14 heavy (non-hydrogen) atoms.